The van der Waals surface area contributed by atoms with E-state index < -0.39 is 17.7 Å². The molecule has 0 spiro atoms. The zero-order valence-corrected chi connectivity index (χ0v) is 22.5. The maximum Gasteiger partial charge on any atom is 0.255 e. The molecule has 0 radical (unpaired) electrons. The monoisotopic (exact) mass is 541 g/mol. The van der Waals surface area contributed by atoms with E-state index in [1.54, 1.807) is 10.6 Å². The van der Waals surface area contributed by atoms with Crippen molar-refractivity contribution in [3.05, 3.63) is 77.9 Å². The van der Waals surface area contributed by atoms with Gasteiger partial charge in [-0.05, 0) is 75.9 Å². The number of carbonyl (C=O) groups is 1. The van der Waals surface area contributed by atoms with Crippen LogP contribution in [0.2, 0.25) is 0 Å². The van der Waals surface area contributed by atoms with E-state index in [2.05, 4.69) is 37.8 Å². The number of halogens is 1. The molecule has 0 bridgehead atoms. The fourth-order valence-corrected chi connectivity index (χ4v) is 5.05. The molecule has 0 aliphatic heterocycles. The quantitative estimate of drug-likeness (QED) is 0.296. The van der Waals surface area contributed by atoms with Crippen molar-refractivity contribution in [2.45, 2.75) is 63.3 Å². The van der Waals surface area contributed by atoms with E-state index in [1.165, 1.54) is 26.2 Å². The molecule has 0 saturated heterocycles. The predicted octanol–water partition coefficient (Wildman–Crippen LogP) is 4.64. The summed E-state index contributed by atoms with van der Waals surface area (Å²) in [6.45, 7) is 2.40. The number of nitrogens with one attached hydrogen (secondary N) is 2. The summed E-state index contributed by atoms with van der Waals surface area (Å²) in [6.07, 6.45) is 6.91. The SMILES string of the molecule is CC(C)(O)[C@H](F)CNC(=O)c1cnc(-c2ccc3cc(C#N)cnn23)cc1N[C@H]1CC[C@H](c2ccccn2)CC1. The van der Waals surface area contributed by atoms with Gasteiger partial charge in [0.1, 0.15) is 12.2 Å². The molecule has 1 atom stereocenters. The molecule has 4 heterocycles. The predicted molar refractivity (Wildman–Crippen MR) is 150 cm³/mol. The number of nitriles is 1. The molecule has 1 aliphatic carbocycles. The number of carbonyl (C=O) groups excluding carboxylic acids is 1. The topological polar surface area (TPSA) is 128 Å². The van der Waals surface area contributed by atoms with E-state index in [-0.39, 0.29) is 12.6 Å². The molecule has 10 heteroatoms. The Kier molecular flexibility index (Phi) is 7.76. The van der Waals surface area contributed by atoms with E-state index in [1.807, 2.05) is 36.5 Å². The summed E-state index contributed by atoms with van der Waals surface area (Å²) in [5.74, 6) is -0.0813. The zero-order chi connectivity index (χ0) is 28.3. The minimum Gasteiger partial charge on any atom is -0.387 e. The van der Waals surface area contributed by atoms with E-state index in [0.717, 1.165) is 36.9 Å². The highest BCUT2D eigenvalue weighted by Crippen LogP contribution is 2.34. The van der Waals surface area contributed by atoms with Crippen LogP contribution in [0.1, 0.15) is 67.1 Å². The minimum absolute atomic E-state index is 0.132. The first kappa shape index (κ1) is 27.2. The van der Waals surface area contributed by atoms with E-state index in [9.17, 15) is 19.6 Å². The first-order chi connectivity index (χ1) is 19.2. The third kappa shape index (κ3) is 5.95. The van der Waals surface area contributed by atoms with Gasteiger partial charge in [0.15, 0.2) is 0 Å². The van der Waals surface area contributed by atoms with Crippen molar-refractivity contribution < 1.29 is 14.3 Å². The number of nitrogens with zero attached hydrogens (tertiary/aromatic N) is 5. The lowest BCUT2D eigenvalue weighted by atomic mass is 9.83. The van der Waals surface area contributed by atoms with Crippen molar-refractivity contribution >= 4 is 17.1 Å². The van der Waals surface area contributed by atoms with Crippen molar-refractivity contribution in [3.63, 3.8) is 0 Å². The Morgan fingerprint density at radius 1 is 1.18 bits per heavy atom. The number of aromatic nitrogens is 4. The first-order valence-electron chi connectivity index (χ1n) is 13.4. The van der Waals surface area contributed by atoms with Crippen LogP contribution >= 0.6 is 0 Å². The van der Waals surface area contributed by atoms with E-state index >= 15 is 0 Å². The first-order valence-corrected chi connectivity index (χ1v) is 13.4. The van der Waals surface area contributed by atoms with Gasteiger partial charge < -0.3 is 15.7 Å². The summed E-state index contributed by atoms with van der Waals surface area (Å²) in [4.78, 5) is 22.2. The second-order valence-electron chi connectivity index (χ2n) is 10.8. The lowest BCUT2D eigenvalue weighted by Crippen LogP contribution is -2.42. The summed E-state index contributed by atoms with van der Waals surface area (Å²) in [5, 5.41) is 29.7. The molecular formula is C30H32FN7O2. The van der Waals surface area contributed by atoms with Crippen LogP contribution in [0.3, 0.4) is 0 Å². The van der Waals surface area contributed by atoms with Gasteiger partial charge in [-0.25, -0.2) is 8.91 Å². The average Bonchev–Trinajstić information content (AvgIpc) is 3.39. The highest BCUT2D eigenvalue weighted by atomic mass is 19.1. The van der Waals surface area contributed by atoms with Crippen molar-refractivity contribution in [1.82, 2.24) is 24.9 Å². The molecule has 3 N–H and O–H groups in total. The Morgan fingerprint density at radius 2 is 1.98 bits per heavy atom. The molecule has 0 aromatic carbocycles. The normalized spacial score (nSPS) is 18.2. The smallest absolute Gasteiger partial charge is 0.255 e. The Labute approximate surface area is 232 Å². The number of pyridine rings is 2. The van der Waals surface area contributed by atoms with Gasteiger partial charge in [-0.3, -0.25) is 14.8 Å². The number of rotatable bonds is 8. The fourth-order valence-electron chi connectivity index (χ4n) is 5.05. The molecule has 5 rings (SSSR count). The highest BCUT2D eigenvalue weighted by Gasteiger charge is 2.28. The van der Waals surface area contributed by atoms with Crippen LogP contribution in [0.5, 0.6) is 0 Å². The van der Waals surface area contributed by atoms with E-state index in [0.29, 0.717) is 34.1 Å². The van der Waals surface area contributed by atoms with Gasteiger partial charge in [0.05, 0.1) is 52.1 Å². The summed E-state index contributed by atoms with van der Waals surface area (Å²) in [6, 6.07) is 15.5. The number of fused-ring (bicyclic) bond motifs is 1. The standard InChI is InChI=1S/C30H32FN7O2/c1-30(2,40)28(31)18-35-29(39)23-17-34-26(27-11-10-22-13-19(15-32)16-36-38(22)27)14-25(23)37-21-8-6-20(7-9-21)24-5-3-4-12-33-24/h3-5,10-14,16-17,20-21,28,40H,6-9,18H2,1-2H3,(H,34,37)(H,35,39)/t20-,21-,28-/m1/s1. The van der Waals surface area contributed by atoms with Gasteiger partial charge in [-0.15, -0.1) is 0 Å². The lowest BCUT2D eigenvalue weighted by molar-refractivity contribution is -0.00177. The third-order valence-electron chi connectivity index (χ3n) is 7.44. The van der Waals surface area contributed by atoms with Crippen LogP contribution in [-0.4, -0.2) is 55.0 Å². The zero-order valence-electron chi connectivity index (χ0n) is 22.5. The van der Waals surface area contributed by atoms with Crippen LogP contribution in [0, 0.1) is 11.3 Å². The molecule has 4 aromatic heterocycles. The van der Waals surface area contributed by atoms with Gasteiger partial charge in [0.2, 0.25) is 0 Å². The summed E-state index contributed by atoms with van der Waals surface area (Å²) in [5.41, 5.74) is 2.92. The second kappa shape index (κ2) is 11.4. The van der Waals surface area contributed by atoms with Crippen molar-refractivity contribution in [2.24, 2.45) is 0 Å². The summed E-state index contributed by atoms with van der Waals surface area (Å²) >= 11 is 0. The Morgan fingerprint density at radius 3 is 2.67 bits per heavy atom. The Balaban J connectivity index is 1.40. The van der Waals surface area contributed by atoms with Crippen molar-refractivity contribution in [3.8, 4) is 17.5 Å². The van der Waals surface area contributed by atoms with Crippen LogP contribution < -0.4 is 10.6 Å². The van der Waals surface area contributed by atoms with Gasteiger partial charge in [0.25, 0.3) is 5.91 Å². The van der Waals surface area contributed by atoms with Crippen LogP contribution in [0.4, 0.5) is 10.1 Å². The molecule has 206 valence electrons. The summed E-state index contributed by atoms with van der Waals surface area (Å²) in [7, 11) is 0. The van der Waals surface area contributed by atoms with Gasteiger partial charge in [-0.1, -0.05) is 6.07 Å². The van der Waals surface area contributed by atoms with Crippen molar-refractivity contribution in [1.29, 1.82) is 5.26 Å². The molecule has 40 heavy (non-hydrogen) atoms. The molecule has 9 nitrogen and oxygen atoms in total. The Hall–Kier alpha value is -4.36. The number of aliphatic hydroxyl groups is 1. The van der Waals surface area contributed by atoms with Crippen LogP contribution in [0.25, 0.3) is 16.9 Å². The highest BCUT2D eigenvalue weighted by molar-refractivity contribution is 6.00. The number of anilines is 1. The number of amides is 1. The fraction of sp³-hybridized carbons (Fsp3) is 0.367. The molecule has 4 aromatic rings. The van der Waals surface area contributed by atoms with Crippen LogP contribution in [0.15, 0.2) is 61.1 Å². The largest absolute Gasteiger partial charge is 0.387 e. The molecule has 0 unspecified atom stereocenters. The van der Waals surface area contributed by atoms with Crippen molar-refractivity contribution in [2.75, 3.05) is 11.9 Å². The molecule has 1 fully saturated rings. The molecule has 1 saturated carbocycles. The van der Waals surface area contributed by atoms with Gasteiger partial charge in [-0.2, -0.15) is 10.4 Å². The maximum absolute atomic E-state index is 14.4. The molecule has 1 amide bonds. The molecular weight excluding hydrogens is 509 g/mol. The Bertz CT molecular complexity index is 1530. The maximum atomic E-state index is 14.4. The van der Waals surface area contributed by atoms with Gasteiger partial charge in [0, 0.05) is 30.0 Å². The van der Waals surface area contributed by atoms with Crippen LogP contribution in [-0.2, 0) is 0 Å². The third-order valence-corrected chi connectivity index (χ3v) is 7.44. The second-order valence-corrected chi connectivity index (χ2v) is 10.8. The number of hydrogen-bond acceptors (Lipinski definition) is 7. The average molecular weight is 542 g/mol. The van der Waals surface area contributed by atoms with Gasteiger partial charge >= 0.3 is 0 Å². The lowest BCUT2D eigenvalue weighted by Gasteiger charge is -2.30. The number of hydrogen-bond donors (Lipinski definition) is 3. The molecule has 1 aliphatic rings. The van der Waals surface area contributed by atoms with E-state index in [4.69, 9.17) is 0 Å². The number of alkyl halides is 1. The minimum atomic E-state index is -1.63. The summed E-state index contributed by atoms with van der Waals surface area (Å²) < 4.78 is 16.1.